The monoisotopic (exact) mass is 248 g/mol. The molecule has 1 aromatic carbocycles. The number of nitrogens with two attached hydrogens (primary N) is 1. The van der Waals surface area contributed by atoms with Crippen molar-refractivity contribution in [2.24, 2.45) is 0 Å². The quantitative estimate of drug-likeness (QED) is 0.654. The number of nitrogen functional groups attached to an aromatic ring is 1. The molecular formula is C14H20N2O2. The SMILES string of the molecule is CCCOCC(=O)N1CCCc2cc(N)ccc21. The lowest BCUT2D eigenvalue weighted by Gasteiger charge is -2.29. The molecule has 4 nitrogen and oxygen atoms in total. The molecule has 1 aliphatic rings. The van der Waals surface area contributed by atoms with Crippen molar-refractivity contribution in [1.82, 2.24) is 0 Å². The summed E-state index contributed by atoms with van der Waals surface area (Å²) in [6.45, 7) is 3.60. The Balaban J connectivity index is 2.09. The maximum Gasteiger partial charge on any atom is 0.252 e. The van der Waals surface area contributed by atoms with Gasteiger partial charge in [-0.3, -0.25) is 4.79 Å². The minimum atomic E-state index is 0.0363. The number of amides is 1. The molecular weight excluding hydrogens is 228 g/mol. The standard InChI is InChI=1S/C14H20N2O2/c1-2-8-18-10-14(17)16-7-3-4-11-9-12(15)5-6-13(11)16/h5-6,9H,2-4,7-8,10,15H2,1H3. The molecule has 0 aromatic heterocycles. The van der Waals surface area contributed by atoms with Gasteiger partial charge < -0.3 is 15.4 Å². The van der Waals surface area contributed by atoms with Gasteiger partial charge in [0.1, 0.15) is 6.61 Å². The van der Waals surface area contributed by atoms with Gasteiger partial charge in [-0.1, -0.05) is 6.92 Å². The average molecular weight is 248 g/mol. The number of aryl methyl sites for hydroxylation is 1. The minimum absolute atomic E-state index is 0.0363. The van der Waals surface area contributed by atoms with E-state index < -0.39 is 0 Å². The molecule has 0 atom stereocenters. The van der Waals surface area contributed by atoms with Gasteiger partial charge in [-0.05, 0) is 43.0 Å². The van der Waals surface area contributed by atoms with Crippen molar-refractivity contribution in [2.75, 3.05) is 30.4 Å². The van der Waals surface area contributed by atoms with Crippen LogP contribution in [0, 0.1) is 0 Å². The first-order valence-electron chi connectivity index (χ1n) is 6.49. The highest BCUT2D eigenvalue weighted by Crippen LogP contribution is 2.28. The molecule has 0 saturated heterocycles. The Morgan fingerprint density at radius 3 is 3.11 bits per heavy atom. The molecule has 1 heterocycles. The van der Waals surface area contributed by atoms with Gasteiger partial charge in [-0.25, -0.2) is 0 Å². The predicted molar refractivity (Wildman–Crippen MR) is 72.6 cm³/mol. The smallest absolute Gasteiger partial charge is 0.252 e. The van der Waals surface area contributed by atoms with Crippen molar-refractivity contribution in [3.05, 3.63) is 23.8 Å². The van der Waals surface area contributed by atoms with E-state index in [9.17, 15) is 4.79 Å². The molecule has 0 unspecified atom stereocenters. The summed E-state index contributed by atoms with van der Waals surface area (Å²) in [6.07, 6.45) is 2.90. The van der Waals surface area contributed by atoms with Gasteiger partial charge in [0.2, 0.25) is 0 Å². The van der Waals surface area contributed by atoms with Gasteiger partial charge in [0.05, 0.1) is 0 Å². The van der Waals surface area contributed by atoms with Crippen LogP contribution in [0.25, 0.3) is 0 Å². The number of hydrogen-bond donors (Lipinski definition) is 1. The van der Waals surface area contributed by atoms with E-state index in [1.807, 2.05) is 30.0 Å². The molecule has 18 heavy (non-hydrogen) atoms. The number of hydrogen-bond acceptors (Lipinski definition) is 3. The van der Waals surface area contributed by atoms with Crippen LogP contribution in [0.5, 0.6) is 0 Å². The van der Waals surface area contributed by atoms with E-state index in [1.165, 1.54) is 0 Å². The number of ether oxygens (including phenoxy) is 1. The normalized spacial score (nSPS) is 14.4. The van der Waals surface area contributed by atoms with Crippen LogP contribution in [0.4, 0.5) is 11.4 Å². The van der Waals surface area contributed by atoms with Gasteiger partial charge in [-0.2, -0.15) is 0 Å². The van der Waals surface area contributed by atoms with Gasteiger partial charge in [0, 0.05) is 24.5 Å². The van der Waals surface area contributed by atoms with Gasteiger partial charge in [-0.15, -0.1) is 0 Å². The maximum absolute atomic E-state index is 12.1. The second-order valence-corrected chi connectivity index (χ2v) is 4.59. The van der Waals surface area contributed by atoms with Crippen LogP contribution in [-0.2, 0) is 16.0 Å². The summed E-state index contributed by atoms with van der Waals surface area (Å²) in [7, 11) is 0. The third-order valence-corrected chi connectivity index (χ3v) is 3.10. The van der Waals surface area contributed by atoms with E-state index in [-0.39, 0.29) is 12.5 Å². The summed E-state index contributed by atoms with van der Waals surface area (Å²) in [5, 5.41) is 0. The molecule has 0 aliphatic carbocycles. The second kappa shape index (κ2) is 5.87. The zero-order chi connectivity index (χ0) is 13.0. The Morgan fingerprint density at radius 1 is 1.50 bits per heavy atom. The minimum Gasteiger partial charge on any atom is -0.399 e. The molecule has 0 saturated carbocycles. The zero-order valence-corrected chi connectivity index (χ0v) is 10.8. The first-order chi connectivity index (χ1) is 8.72. The largest absolute Gasteiger partial charge is 0.399 e. The highest BCUT2D eigenvalue weighted by molar-refractivity contribution is 5.95. The van der Waals surface area contributed by atoms with E-state index in [1.54, 1.807) is 0 Å². The number of carbonyl (C=O) groups is 1. The lowest BCUT2D eigenvalue weighted by atomic mass is 10.0. The molecule has 2 rings (SSSR count). The van der Waals surface area contributed by atoms with Crippen LogP contribution in [0.2, 0.25) is 0 Å². The van der Waals surface area contributed by atoms with Gasteiger partial charge in [0.25, 0.3) is 5.91 Å². The molecule has 4 heteroatoms. The summed E-state index contributed by atoms with van der Waals surface area (Å²) in [5.41, 5.74) is 8.67. The summed E-state index contributed by atoms with van der Waals surface area (Å²) in [5.74, 6) is 0.0363. The summed E-state index contributed by atoms with van der Waals surface area (Å²) >= 11 is 0. The molecule has 0 fully saturated rings. The highest BCUT2D eigenvalue weighted by Gasteiger charge is 2.22. The van der Waals surface area contributed by atoms with Crippen molar-refractivity contribution in [3.63, 3.8) is 0 Å². The fourth-order valence-corrected chi connectivity index (χ4v) is 2.26. The Hall–Kier alpha value is -1.55. The molecule has 0 bridgehead atoms. The summed E-state index contributed by atoms with van der Waals surface area (Å²) in [4.78, 5) is 13.9. The zero-order valence-electron chi connectivity index (χ0n) is 10.8. The topological polar surface area (TPSA) is 55.6 Å². The van der Waals surface area contributed by atoms with E-state index in [4.69, 9.17) is 10.5 Å². The van der Waals surface area contributed by atoms with Crippen LogP contribution < -0.4 is 10.6 Å². The molecule has 1 aliphatic heterocycles. The molecule has 1 aromatic rings. The lowest BCUT2D eigenvalue weighted by Crippen LogP contribution is -2.38. The van der Waals surface area contributed by atoms with Gasteiger partial charge >= 0.3 is 0 Å². The lowest BCUT2D eigenvalue weighted by molar-refractivity contribution is -0.123. The Kier molecular flexibility index (Phi) is 4.20. The van der Waals surface area contributed by atoms with Crippen molar-refractivity contribution >= 4 is 17.3 Å². The Bertz CT molecular complexity index is 432. The van der Waals surface area contributed by atoms with Crippen LogP contribution in [0.1, 0.15) is 25.3 Å². The molecule has 0 radical (unpaired) electrons. The third-order valence-electron chi connectivity index (χ3n) is 3.10. The van der Waals surface area contributed by atoms with Crippen molar-refractivity contribution in [1.29, 1.82) is 0 Å². The number of rotatable bonds is 4. The number of nitrogens with zero attached hydrogens (tertiary/aromatic N) is 1. The first kappa shape index (κ1) is 12.9. The molecule has 0 spiro atoms. The predicted octanol–water partition coefficient (Wildman–Crippen LogP) is 1.97. The van der Waals surface area contributed by atoms with Crippen molar-refractivity contribution in [2.45, 2.75) is 26.2 Å². The maximum atomic E-state index is 12.1. The number of carbonyl (C=O) groups excluding carboxylic acids is 1. The Labute approximate surface area is 108 Å². The molecule has 2 N–H and O–H groups in total. The summed E-state index contributed by atoms with van der Waals surface area (Å²) in [6, 6.07) is 5.74. The number of anilines is 2. The summed E-state index contributed by atoms with van der Waals surface area (Å²) < 4.78 is 5.32. The Morgan fingerprint density at radius 2 is 2.33 bits per heavy atom. The van der Waals surface area contributed by atoms with E-state index in [0.717, 1.165) is 42.7 Å². The number of benzene rings is 1. The van der Waals surface area contributed by atoms with Crippen LogP contribution in [0.3, 0.4) is 0 Å². The van der Waals surface area contributed by atoms with E-state index >= 15 is 0 Å². The van der Waals surface area contributed by atoms with E-state index in [2.05, 4.69) is 0 Å². The van der Waals surface area contributed by atoms with Gasteiger partial charge in [0.15, 0.2) is 0 Å². The third kappa shape index (κ3) is 2.82. The van der Waals surface area contributed by atoms with Crippen molar-refractivity contribution < 1.29 is 9.53 Å². The highest BCUT2D eigenvalue weighted by atomic mass is 16.5. The van der Waals surface area contributed by atoms with Crippen LogP contribution >= 0.6 is 0 Å². The fourth-order valence-electron chi connectivity index (χ4n) is 2.26. The average Bonchev–Trinajstić information content (AvgIpc) is 2.37. The van der Waals surface area contributed by atoms with E-state index in [0.29, 0.717) is 6.61 Å². The molecule has 1 amide bonds. The molecule has 98 valence electrons. The second-order valence-electron chi connectivity index (χ2n) is 4.59. The first-order valence-corrected chi connectivity index (χ1v) is 6.49. The van der Waals surface area contributed by atoms with Crippen LogP contribution in [-0.4, -0.2) is 25.7 Å². The van der Waals surface area contributed by atoms with Crippen molar-refractivity contribution in [3.8, 4) is 0 Å². The van der Waals surface area contributed by atoms with Crippen LogP contribution in [0.15, 0.2) is 18.2 Å². The fraction of sp³-hybridized carbons (Fsp3) is 0.500. The number of fused-ring (bicyclic) bond motifs is 1.